The molecule has 0 spiro atoms. The number of carbonyl (C=O) groups is 1. The Kier molecular flexibility index (Phi) is 6.10. The Labute approximate surface area is 157 Å². The molecule has 0 bridgehead atoms. The van der Waals surface area contributed by atoms with E-state index in [9.17, 15) is 4.79 Å². The van der Waals surface area contributed by atoms with Gasteiger partial charge in [-0.1, -0.05) is 54.6 Å². The molecular weight excluding hydrogens is 320 g/mol. The van der Waals surface area contributed by atoms with Crippen molar-refractivity contribution in [2.24, 2.45) is 0 Å². The maximum absolute atomic E-state index is 13.1. The van der Waals surface area contributed by atoms with Gasteiger partial charge in [0.05, 0.1) is 0 Å². The molecule has 1 fully saturated rings. The molecule has 138 valence electrons. The standard InChI is InChI=1S/C23H30N2O/c1-18-9-7-8-12-21(18)22(19-10-5-4-6-11-19)17-23(26)25(3)20-13-15-24(2)16-14-20/h4-12,20,22H,13-17H2,1-3H3/t22-/m0/s1. The third-order valence-electron chi connectivity index (χ3n) is 5.77. The molecule has 1 aliphatic rings. The molecule has 3 rings (SSSR count). The van der Waals surface area contributed by atoms with Crippen LogP contribution >= 0.6 is 0 Å². The van der Waals surface area contributed by atoms with Crippen molar-refractivity contribution in [2.45, 2.75) is 38.1 Å². The maximum Gasteiger partial charge on any atom is 0.223 e. The van der Waals surface area contributed by atoms with Crippen molar-refractivity contribution >= 4 is 5.91 Å². The number of benzene rings is 2. The third kappa shape index (κ3) is 4.34. The molecule has 0 saturated carbocycles. The van der Waals surface area contributed by atoms with Crippen LogP contribution in [0.15, 0.2) is 54.6 Å². The van der Waals surface area contributed by atoms with E-state index in [2.05, 4.69) is 67.4 Å². The Hall–Kier alpha value is -2.13. The highest BCUT2D eigenvalue weighted by Gasteiger charge is 2.27. The van der Waals surface area contributed by atoms with Crippen molar-refractivity contribution in [2.75, 3.05) is 27.2 Å². The van der Waals surface area contributed by atoms with E-state index < -0.39 is 0 Å². The number of hydrogen-bond donors (Lipinski definition) is 0. The highest BCUT2D eigenvalue weighted by atomic mass is 16.2. The number of hydrogen-bond acceptors (Lipinski definition) is 2. The lowest BCUT2D eigenvalue weighted by Gasteiger charge is -2.36. The molecule has 2 aromatic carbocycles. The van der Waals surface area contributed by atoms with Crippen molar-refractivity contribution in [3.63, 3.8) is 0 Å². The lowest BCUT2D eigenvalue weighted by molar-refractivity contribution is -0.133. The third-order valence-corrected chi connectivity index (χ3v) is 5.77. The number of carbonyl (C=O) groups excluding carboxylic acids is 1. The summed E-state index contributed by atoms with van der Waals surface area (Å²) in [6.07, 6.45) is 2.66. The first-order valence-corrected chi connectivity index (χ1v) is 9.61. The van der Waals surface area contributed by atoms with Gasteiger partial charge in [0.1, 0.15) is 0 Å². The Balaban J connectivity index is 1.80. The number of aryl methyl sites for hydroxylation is 1. The molecule has 3 nitrogen and oxygen atoms in total. The van der Waals surface area contributed by atoms with Crippen LogP contribution in [-0.4, -0.2) is 48.9 Å². The summed E-state index contributed by atoms with van der Waals surface area (Å²) in [5.74, 6) is 0.357. The van der Waals surface area contributed by atoms with Crippen molar-refractivity contribution in [3.05, 3.63) is 71.3 Å². The van der Waals surface area contributed by atoms with Crippen molar-refractivity contribution in [1.29, 1.82) is 0 Å². The van der Waals surface area contributed by atoms with E-state index in [1.165, 1.54) is 16.7 Å². The summed E-state index contributed by atoms with van der Waals surface area (Å²) in [5.41, 5.74) is 3.71. The van der Waals surface area contributed by atoms with Crippen molar-refractivity contribution < 1.29 is 4.79 Å². The van der Waals surface area contributed by atoms with Crippen LogP contribution in [0.1, 0.15) is 41.9 Å². The smallest absolute Gasteiger partial charge is 0.223 e. The van der Waals surface area contributed by atoms with Gasteiger partial charge in [0.15, 0.2) is 0 Å². The number of amides is 1. The van der Waals surface area contributed by atoms with Gasteiger partial charge in [0.2, 0.25) is 5.91 Å². The molecule has 26 heavy (non-hydrogen) atoms. The number of rotatable bonds is 5. The zero-order chi connectivity index (χ0) is 18.5. The van der Waals surface area contributed by atoms with Crippen LogP contribution in [0.25, 0.3) is 0 Å². The molecule has 1 atom stereocenters. The van der Waals surface area contributed by atoms with E-state index in [1.807, 2.05) is 18.0 Å². The zero-order valence-electron chi connectivity index (χ0n) is 16.2. The quantitative estimate of drug-likeness (QED) is 0.811. The number of likely N-dealkylation sites (tertiary alicyclic amines) is 1. The minimum atomic E-state index is 0.110. The van der Waals surface area contributed by atoms with Gasteiger partial charge in [-0.3, -0.25) is 4.79 Å². The molecule has 3 heteroatoms. The second-order valence-electron chi connectivity index (χ2n) is 7.56. The topological polar surface area (TPSA) is 23.6 Å². The van der Waals surface area contributed by atoms with Crippen LogP contribution in [-0.2, 0) is 4.79 Å². The minimum Gasteiger partial charge on any atom is -0.343 e. The predicted molar refractivity (Wildman–Crippen MR) is 107 cm³/mol. The fourth-order valence-electron chi connectivity index (χ4n) is 3.97. The summed E-state index contributed by atoms with van der Waals surface area (Å²) in [5, 5.41) is 0. The summed E-state index contributed by atoms with van der Waals surface area (Å²) in [4.78, 5) is 17.4. The molecule has 1 heterocycles. The first kappa shape index (κ1) is 18.7. The lowest BCUT2D eigenvalue weighted by atomic mass is 9.85. The molecular formula is C23H30N2O. The second-order valence-corrected chi connectivity index (χ2v) is 7.56. The molecule has 0 radical (unpaired) electrons. The van der Waals surface area contributed by atoms with Gasteiger partial charge in [0.25, 0.3) is 0 Å². The van der Waals surface area contributed by atoms with Crippen LogP contribution in [0.5, 0.6) is 0 Å². The van der Waals surface area contributed by atoms with E-state index in [1.54, 1.807) is 0 Å². The van der Waals surface area contributed by atoms with Crippen molar-refractivity contribution in [3.8, 4) is 0 Å². The Bertz CT molecular complexity index is 720. The molecule has 1 aliphatic heterocycles. The van der Waals surface area contributed by atoms with Crippen LogP contribution in [0.4, 0.5) is 0 Å². The summed E-state index contributed by atoms with van der Waals surface area (Å²) in [7, 11) is 4.14. The van der Waals surface area contributed by atoms with Crippen molar-refractivity contribution in [1.82, 2.24) is 9.80 Å². The average Bonchev–Trinajstić information content (AvgIpc) is 2.67. The van der Waals surface area contributed by atoms with Crippen LogP contribution in [0.3, 0.4) is 0 Å². The van der Waals surface area contributed by atoms with Gasteiger partial charge in [0, 0.05) is 25.4 Å². The predicted octanol–water partition coefficient (Wildman–Crippen LogP) is 4.07. The summed E-state index contributed by atoms with van der Waals surface area (Å²) >= 11 is 0. The van der Waals surface area contributed by atoms with Gasteiger partial charge in [-0.25, -0.2) is 0 Å². The summed E-state index contributed by atoms with van der Waals surface area (Å²) in [6.45, 7) is 4.28. The van der Waals surface area contributed by atoms with Crippen LogP contribution in [0.2, 0.25) is 0 Å². The maximum atomic E-state index is 13.1. The Morgan fingerprint density at radius 3 is 2.35 bits per heavy atom. The Morgan fingerprint density at radius 2 is 1.69 bits per heavy atom. The van der Waals surface area contributed by atoms with Gasteiger partial charge < -0.3 is 9.80 Å². The molecule has 0 N–H and O–H groups in total. The van der Waals surface area contributed by atoms with Gasteiger partial charge >= 0.3 is 0 Å². The van der Waals surface area contributed by atoms with Crippen LogP contribution in [0, 0.1) is 6.92 Å². The number of piperidine rings is 1. The second kappa shape index (κ2) is 8.50. The molecule has 0 aromatic heterocycles. The molecule has 0 unspecified atom stereocenters. The highest BCUT2D eigenvalue weighted by Crippen LogP contribution is 2.31. The fraction of sp³-hybridized carbons (Fsp3) is 0.435. The molecule has 0 aliphatic carbocycles. The first-order chi connectivity index (χ1) is 12.6. The lowest BCUT2D eigenvalue weighted by Crippen LogP contribution is -2.44. The Morgan fingerprint density at radius 1 is 1.08 bits per heavy atom. The molecule has 1 saturated heterocycles. The first-order valence-electron chi connectivity index (χ1n) is 9.61. The van der Waals surface area contributed by atoms with E-state index in [4.69, 9.17) is 0 Å². The molecule has 1 amide bonds. The number of nitrogens with zero attached hydrogens (tertiary/aromatic N) is 2. The van der Waals surface area contributed by atoms with E-state index in [0.717, 1.165) is 25.9 Å². The minimum absolute atomic E-state index is 0.110. The summed E-state index contributed by atoms with van der Waals surface area (Å²) in [6, 6.07) is 19.2. The largest absolute Gasteiger partial charge is 0.343 e. The van der Waals surface area contributed by atoms with Crippen LogP contribution < -0.4 is 0 Å². The fourth-order valence-corrected chi connectivity index (χ4v) is 3.97. The van der Waals surface area contributed by atoms with E-state index in [-0.39, 0.29) is 11.8 Å². The normalized spacial score (nSPS) is 17.0. The van der Waals surface area contributed by atoms with Gasteiger partial charge in [-0.15, -0.1) is 0 Å². The monoisotopic (exact) mass is 350 g/mol. The average molecular weight is 351 g/mol. The van der Waals surface area contributed by atoms with E-state index in [0.29, 0.717) is 12.5 Å². The summed E-state index contributed by atoms with van der Waals surface area (Å²) < 4.78 is 0. The van der Waals surface area contributed by atoms with Gasteiger partial charge in [-0.2, -0.15) is 0 Å². The SMILES string of the molecule is Cc1ccccc1[C@@H](CC(=O)N(C)C1CCN(C)CC1)c1ccccc1. The van der Waals surface area contributed by atoms with E-state index >= 15 is 0 Å². The van der Waals surface area contributed by atoms with Gasteiger partial charge in [-0.05, 0) is 56.6 Å². The molecule has 2 aromatic rings. The highest BCUT2D eigenvalue weighted by molar-refractivity contribution is 5.78. The zero-order valence-corrected chi connectivity index (χ0v) is 16.2.